The molecule has 0 aromatic carbocycles. The third kappa shape index (κ3) is 37.0. The van der Waals surface area contributed by atoms with Crippen molar-refractivity contribution >= 4 is 93.5 Å². The van der Waals surface area contributed by atoms with Crippen molar-refractivity contribution in [3.63, 3.8) is 0 Å². The smallest absolute Gasteiger partial charge is 0.305 e. The molecule has 5 aliphatic rings. The molecule has 0 amide bonds. The molecule has 10 unspecified atom stereocenters. The Bertz CT molecular complexity index is 3140. The largest absolute Gasteiger partial charge is 0.463 e. The molecule has 0 aromatic rings. The van der Waals surface area contributed by atoms with Gasteiger partial charge in [-0.15, -0.1) is 0 Å². The highest BCUT2D eigenvalue weighted by Gasteiger charge is 2.56. The SMILES string of the molecule is CC(=O)OCC1O[C@H](OC(C)=O)C(OC(C)=O)[C@@H](OC(C)=O)[C@H]1OC(C)=O.CC(=O)OCC1O[C@H](OCCBr)C(OC(C)=O)[C@@H](OC(C)=O)[C@H]1OC(C)=O.CC(=O)OCC1O[C@H](OCCN=[N+]=[N-])C(OC(C)=O)[C@@H](OC(C)=O)[C@H]1OC(C)=O.OCC1O[C@H](O)C(O)[C@@H](O)[C@H]1O.[N-]=[N+]=NCCC[C@H]1OC(CO)[C@H](O)[C@H](O)C1O. The van der Waals surface area contributed by atoms with Gasteiger partial charge in [0.1, 0.15) is 87.0 Å². The maximum atomic E-state index is 11.6. The van der Waals surface area contributed by atoms with Crippen LogP contribution in [0.5, 0.6) is 0 Å². The highest BCUT2D eigenvalue weighted by atomic mass is 79.9. The van der Waals surface area contributed by atoms with Gasteiger partial charge in [0.25, 0.3) is 0 Å². The number of rotatable bonds is 29. The first-order valence-corrected chi connectivity index (χ1v) is 34.8. The zero-order valence-electron chi connectivity index (χ0n) is 63.0. The van der Waals surface area contributed by atoms with E-state index in [9.17, 15) is 77.6 Å². The Morgan fingerprint density at radius 3 is 0.938 bits per heavy atom. The molecule has 5 heterocycles. The average molecular weight is 1690 g/mol. The first-order valence-electron chi connectivity index (χ1n) is 33.7. The molecule has 25 atom stereocenters. The quantitative estimate of drug-likeness (QED) is 0.00660. The van der Waals surface area contributed by atoms with Crippen molar-refractivity contribution in [1.29, 1.82) is 0 Å². The number of halogens is 1. The summed E-state index contributed by atoms with van der Waals surface area (Å²) in [6.07, 6.45) is -30.3. The summed E-state index contributed by atoms with van der Waals surface area (Å²) in [7, 11) is 0. The molecule has 48 nitrogen and oxygen atoms in total. The number of aliphatic hydroxyl groups excluding tert-OH is 9. The molecule has 0 saturated carbocycles. The van der Waals surface area contributed by atoms with Gasteiger partial charge in [-0.3, -0.25) is 62.3 Å². The molecule has 5 fully saturated rings. The van der Waals surface area contributed by atoms with E-state index in [1.54, 1.807) is 0 Å². The zero-order valence-corrected chi connectivity index (χ0v) is 64.6. The fourth-order valence-corrected chi connectivity index (χ4v) is 10.6. The molecule has 0 aliphatic carbocycles. The van der Waals surface area contributed by atoms with E-state index >= 15 is 0 Å². The second kappa shape index (κ2) is 52.8. The Kier molecular flexibility index (Phi) is 47.9. The van der Waals surface area contributed by atoms with Crippen LogP contribution >= 0.6 is 15.9 Å². The lowest BCUT2D eigenvalue weighted by Crippen LogP contribution is -2.63. The minimum Gasteiger partial charge on any atom is -0.463 e. The van der Waals surface area contributed by atoms with E-state index in [1.807, 2.05) is 0 Å². The normalized spacial score (nSPS) is 30.8. The van der Waals surface area contributed by atoms with Crippen LogP contribution in [-0.4, -0.2) is 342 Å². The fraction of sp³-hybridized carbons (Fsp3) is 0.794. The topological polar surface area (TPSA) is 686 Å². The zero-order chi connectivity index (χ0) is 85.4. The van der Waals surface area contributed by atoms with E-state index in [1.165, 1.54) is 13.8 Å². The molecular formula is C63H97BrN6O42. The third-order valence-electron chi connectivity index (χ3n) is 14.7. The van der Waals surface area contributed by atoms with Crippen LogP contribution in [0, 0.1) is 0 Å². The van der Waals surface area contributed by atoms with Gasteiger partial charge in [0, 0.05) is 118 Å². The van der Waals surface area contributed by atoms with Crippen LogP contribution in [0.25, 0.3) is 20.9 Å². The van der Waals surface area contributed by atoms with E-state index in [4.69, 9.17) is 132 Å². The first-order chi connectivity index (χ1) is 52.5. The van der Waals surface area contributed by atoms with E-state index < -0.39 is 251 Å². The standard InChI is InChI=1S/C16H23BrO10.C16H23N3O10.C16H22O11.C9H17N3O5.C6H12O6/c1-8(18)23-7-12-13(24-9(2)19)14(25-10(3)20)15(26-11(4)21)16(27-12)22-6-5-17;1-8(20)25-7-12-13(26-9(2)21)14(27-10(3)22)15(28-11(4)23)16(29-12)24-6-5-18-19-17;1-7(17)22-6-12-13(23-8(2)18)14(24-9(3)19)15(25-10(4)20)16(27-12)26-11(5)21;10-12-11-3-1-2-5-7(14)9(16)8(15)6(4-13)17-5;7-1-2-3(8)4(9)5(10)6(11)12-2/h12-16H,5-7H2,1-4H3;12-16H,5-7H2,1-4H3;12-16H,6H2,1-5H3;5-9,13-16H,1-4H2;2-11H,1H2/t3*12?,13-,14-,15?,16-;5-,6?,7?,8+,9-;2?,3-,4-,5?,6-/m00010/s1. The highest BCUT2D eigenvalue weighted by molar-refractivity contribution is 9.09. The van der Waals surface area contributed by atoms with E-state index in [0.29, 0.717) is 18.2 Å². The second-order valence-corrected chi connectivity index (χ2v) is 24.7. The van der Waals surface area contributed by atoms with Crippen molar-refractivity contribution in [3.8, 4) is 0 Å². The summed E-state index contributed by atoms with van der Waals surface area (Å²) in [6, 6.07) is 0. The summed E-state index contributed by atoms with van der Waals surface area (Å²) in [6.45, 7) is 13.0. The number of aliphatic hydroxyl groups is 9. The van der Waals surface area contributed by atoms with Crippen molar-refractivity contribution in [2.45, 2.75) is 256 Å². The monoisotopic (exact) mass is 1690 g/mol. The number of nitrogens with zero attached hydrogens (tertiary/aromatic N) is 6. The molecule has 9 N–H and O–H groups in total. The summed E-state index contributed by atoms with van der Waals surface area (Å²) < 4.78 is 104. The van der Waals surface area contributed by atoms with Crippen LogP contribution in [0.2, 0.25) is 0 Å². The lowest BCUT2D eigenvalue weighted by Gasteiger charge is -2.44. The summed E-state index contributed by atoms with van der Waals surface area (Å²) in [4.78, 5) is 154. The molecule has 638 valence electrons. The van der Waals surface area contributed by atoms with Gasteiger partial charge >= 0.3 is 77.6 Å². The number of carbonyl (C=O) groups is 13. The number of ether oxygens (including phenoxy) is 20. The predicted molar refractivity (Wildman–Crippen MR) is 360 cm³/mol. The number of carbonyl (C=O) groups excluding carboxylic acids is 13. The van der Waals surface area contributed by atoms with Crippen molar-refractivity contribution in [2.24, 2.45) is 10.2 Å². The molecule has 49 heteroatoms. The number of alkyl halides is 1. The first kappa shape index (κ1) is 102. The molecule has 0 radical (unpaired) electrons. The second-order valence-electron chi connectivity index (χ2n) is 23.9. The minimum atomic E-state index is -1.57. The molecule has 5 saturated heterocycles. The lowest BCUT2D eigenvalue weighted by molar-refractivity contribution is -0.307. The molecule has 0 bridgehead atoms. The molecule has 0 spiro atoms. The Balaban J connectivity index is 0.000000719. The summed E-state index contributed by atoms with van der Waals surface area (Å²) in [5, 5.41) is 89.4. The maximum absolute atomic E-state index is 11.6. The Morgan fingerprint density at radius 2 is 0.616 bits per heavy atom. The van der Waals surface area contributed by atoms with Crippen molar-refractivity contribution < 1.29 is 203 Å². The number of esters is 13. The average Bonchev–Trinajstić information content (AvgIpc) is 0.795. The van der Waals surface area contributed by atoms with Crippen molar-refractivity contribution in [2.75, 3.05) is 64.7 Å². The molecular weight excluding hydrogens is 1590 g/mol. The molecule has 0 aromatic heterocycles. The van der Waals surface area contributed by atoms with E-state index in [-0.39, 0.29) is 39.5 Å². The summed E-state index contributed by atoms with van der Waals surface area (Å²) in [5.41, 5.74) is 16.4. The molecule has 5 rings (SSSR count). The van der Waals surface area contributed by atoms with E-state index in [2.05, 4.69) is 40.7 Å². The van der Waals surface area contributed by atoms with Crippen LogP contribution in [0.3, 0.4) is 0 Å². The van der Waals surface area contributed by atoms with Crippen LogP contribution in [0.1, 0.15) is 103 Å². The van der Waals surface area contributed by atoms with Gasteiger partial charge in [-0.2, -0.15) is 0 Å². The van der Waals surface area contributed by atoms with Crippen LogP contribution in [0.4, 0.5) is 0 Å². The molecule has 112 heavy (non-hydrogen) atoms. The van der Waals surface area contributed by atoms with Gasteiger partial charge in [-0.25, -0.2) is 0 Å². The van der Waals surface area contributed by atoms with Crippen LogP contribution < -0.4 is 0 Å². The predicted octanol–water partition coefficient (Wildman–Crippen LogP) is -3.79. The summed E-state index contributed by atoms with van der Waals surface area (Å²) >= 11 is 3.20. The van der Waals surface area contributed by atoms with Crippen LogP contribution in [0.15, 0.2) is 10.2 Å². The Labute approximate surface area is 646 Å². The van der Waals surface area contributed by atoms with Crippen LogP contribution in [-0.2, 0) is 157 Å². The Hall–Kier alpha value is -8.43. The van der Waals surface area contributed by atoms with Crippen molar-refractivity contribution in [3.05, 3.63) is 20.9 Å². The van der Waals surface area contributed by atoms with Gasteiger partial charge in [0.15, 0.2) is 67.7 Å². The number of hydrogen-bond donors (Lipinski definition) is 9. The van der Waals surface area contributed by atoms with Crippen molar-refractivity contribution in [1.82, 2.24) is 0 Å². The molecule has 5 aliphatic heterocycles. The van der Waals surface area contributed by atoms with E-state index in [0.717, 1.165) is 76.2 Å². The van der Waals surface area contributed by atoms with Gasteiger partial charge < -0.3 is 141 Å². The van der Waals surface area contributed by atoms with Gasteiger partial charge in [0.05, 0.1) is 32.5 Å². The lowest BCUT2D eigenvalue weighted by atomic mass is 9.93. The summed E-state index contributed by atoms with van der Waals surface area (Å²) in [5.74, 6) is -9.18. The highest BCUT2D eigenvalue weighted by Crippen LogP contribution is 2.34. The van der Waals surface area contributed by atoms with Gasteiger partial charge in [-0.1, -0.05) is 26.2 Å². The maximum Gasteiger partial charge on any atom is 0.305 e. The van der Waals surface area contributed by atoms with Gasteiger partial charge in [-0.05, 0) is 23.9 Å². The number of azide groups is 2. The van der Waals surface area contributed by atoms with Gasteiger partial charge in [0.2, 0.25) is 12.4 Å². The minimum absolute atomic E-state index is 0.0522. The fourth-order valence-electron chi connectivity index (χ4n) is 10.4. The Morgan fingerprint density at radius 1 is 0.330 bits per heavy atom. The third-order valence-corrected chi connectivity index (χ3v) is 15.0. The number of hydrogen-bond acceptors (Lipinski definition) is 44.